The SMILES string of the molecule is C=C[C@@H](O)C[C@@H](CO[Si](C)(C)C(C)(C)C)NC(=O)OCc1ccccc1. The van der Waals surface area contributed by atoms with Crippen LogP contribution in [0.25, 0.3) is 0 Å². The first-order chi connectivity index (χ1) is 12.0. The van der Waals surface area contributed by atoms with E-state index in [1.807, 2.05) is 30.3 Å². The lowest BCUT2D eigenvalue weighted by Gasteiger charge is -2.37. The second-order valence-electron chi connectivity index (χ2n) is 8.01. The number of aliphatic hydroxyl groups is 1. The van der Waals surface area contributed by atoms with Gasteiger partial charge in [0.15, 0.2) is 8.32 Å². The summed E-state index contributed by atoms with van der Waals surface area (Å²) in [6.07, 6.45) is 0.556. The Labute approximate surface area is 158 Å². The van der Waals surface area contributed by atoms with Crippen LogP contribution < -0.4 is 5.32 Å². The van der Waals surface area contributed by atoms with Crippen LogP contribution in [0.4, 0.5) is 4.79 Å². The zero-order valence-corrected chi connectivity index (χ0v) is 17.6. The highest BCUT2D eigenvalue weighted by molar-refractivity contribution is 6.74. The molecule has 0 radical (unpaired) electrons. The number of alkyl carbamates (subject to hydrolysis) is 1. The van der Waals surface area contributed by atoms with Crippen molar-refractivity contribution in [1.82, 2.24) is 5.32 Å². The Bertz CT molecular complexity index is 569. The number of carbonyl (C=O) groups excluding carboxylic acids is 1. The van der Waals surface area contributed by atoms with Gasteiger partial charge in [-0.2, -0.15) is 0 Å². The predicted octanol–water partition coefficient (Wildman–Crippen LogP) is 4.24. The average molecular weight is 380 g/mol. The molecule has 6 heteroatoms. The molecule has 0 fully saturated rings. The molecule has 0 heterocycles. The number of carbonyl (C=O) groups is 1. The van der Waals surface area contributed by atoms with Gasteiger partial charge in [0.1, 0.15) is 6.61 Å². The van der Waals surface area contributed by atoms with Crippen molar-refractivity contribution in [2.45, 2.75) is 64.1 Å². The minimum Gasteiger partial charge on any atom is -0.445 e. The number of aliphatic hydroxyl groups excluding tert-OH is 1. The minimum absolute atomic E-state index is 0.0718. The van der Waals surface area contributed by atoms with Gasteiger partial charge in [0.25, 0.3) is 0 Å². The summed E-state index contributed by atoms with van der Waals surface area (Å²) in [4.78, 5) is 12.1. The molecule has 146 valence electrons. The minimum atomic E-state index is -1.95. The van der Waals surface area contributed by atoms with E-state index < -0.39 is 20.5 Å². The molecule has 0 bridgehead atoms. The van der Waals surface area contributed by atoms with E-state index in [4.69, 9.17) is 9.16 Å². The molecule has 5 nitrogen and oxygen atoms in total. The van der Waals surface area contributed by atoms with Crippen molar-refractivity contribution in [3.63, 3.8) is 0 Å². The van der Waals surface area contributed by atoms with Crippen LogP contribution in [0, 0.1) is 0 Å². The summed E-state index contributed by atoms with van der Waals surface area (Å²) in [6, 6.07) is 9.15. The average Bonchev–Trinajstić information content (AvgIpc) is 2.57. The van der Waals surface area contributed by atoms with Gasteiger partial charge in [0.05, 0.1) is 18.8 Å². The van der Waals surface area contributed by atoms with Crippen LogP contribution in [-0.2, 0) is 15.8 Å². The Balaban J connectivity index is 2.61. The van der Waals surface area contributed by atoms with Crippen molar-refractivity contribution in [2.24, 2.45) is 0 Å². The molecule has 0 unspecified atom stereocenters. The fourth-order valence-corrected chi connectivity index (χ4v) is 3.06. The highest BCUT2D eigenvalue weighted by Crippen LogP contribution is 2.36. The maximum absolute atomic E-state index is 12.1. The fourth-order valence-electron chi connectivity index (χ4n) is 2.01. The molecule has 0 aliphatic carbocycles. The van der Waals surface area contributed by atoms with Gasteiger partial charge in [0, 0.05) is 0 Å². The van der Waals surface area contributed by atoms with Crippen molar-refractivity contribution in [3.8, 4) is 0 Å². The molecule has 2 N–H and O–H groups in total. The first-order valence-corrected chi connectivity index (χ1v) is 11.9. The van der Waals surface area contributed by atoms with Gasteiger partial charge in [-0.25, -0.2) is 4.79 Å². The lowest BCUT2D eigenvalue weighted by molar-refractivity contribution is 0.119. The van der Waals surface area contributed by atoms with E-state index in [1.165, 1.54) is 6.08 Å². The smallest absolute Gasteiger partial charge is 0.407 e. The Morgan fingerprint density at radius 3 is 2.46 bits per heavy atom. The number of benzene rings is 1. The molecule has 26 heavy (non-hydrogen) atoms. The Kier molecular flexibility index (Phi) is 8.53. The van der Waals surface area contributed by atoms with Crippen molar-refractivity contribution in [2.75, 3.05) is 6.61 Å². The normalized spacial score (nSPS) is 14.4. The molecule has 1 rings (SSSR count). The van der Waals surface area contributed by atoms with Crippen molar-refractivity contribution in [1.29, 1.82) is 0 Å². The van der Waals surface area contributed by atoms with E-state index in [-0.39, 0.29) is 17.7 Å². The first kappa shape index (κ1) is 22.4. The Morgan fingerprint density at radius 1 is 1.31 bits per heavy atom. The number of ether oxygens (including phenoxy) is 1. The molecule has 1 amide bonds. The molecule has 0 aliphatic rings. The quantitative estimate of drug-likeness (QED) is 0.497. The van der Waals surface area contributed by atoms with Crippen LogP contribution in [0.1, 0.15) is 32.8 Å². The molecule has 1 aromatic carbocycles. The third kappa shape index (κ3) is 7.72. The van der Waals surface area contributed by atoms with Crippen molar-refractivity contribution >= 4 is 14.4 Å². The maximum Gasteiger partial charge on any atom is 0.407 e. The monoisotopic (exact) mass is 379 g/mol. The van der Waals surface area contributed by atoms with Crippen LogP contribution >= 0.6 is 0 Å². The number of amides is 1. The van der Waals surface area contributed by atoms with Crippen molar-refractivity contribution in [3.05, 3.63) is 48.6 Å². The second-order valence-corrected chi connectivity index (χ2v) is 12.8. The molecular weight excluding hydrogens is 346 g/mol. The summed E-state index contributed by atoms with van der Waals surface area (Å²) in [5, 5.41) is 12.8. The molecule has 0 saturated heterocycles. The van der Waals surface area contributed by atoms with Gasteiger partial charge < -0.3 is 19.6 Å². The van der Waals surface area contributed by atoms with Gasteiger partial charge in [0.2, 0.25) is 0 Å². The number of nitrogens with one attached hydrogen (secondary N) is 1. The van der Waals surface area contributed by atoms with Crippen LogP contribution in [0.3, 0.4) is 0 Å². The lowest BCUT2D eigenvalue weighted by atomic mass is 10.1. The van der Waals surface area contributed by atoms with E-state index >= 15 is 0 Å². The summed E-state index contributed by atoms with van der Waals surface area (Å²) in [5.41, 5.74) is 0.919. The number of hydrogen-bond donors (Lipinski definition) is 2. The predicted molar refractivity (Wildman–Crippen MR) is 108 cm³/mol. The van der Waals surface area contributed by atoms with E-state index in [9.17, 15) is 9.90 Å². The van der Waals surface area contributed by atoms with E-state index in [0.29, 0.717) is 13.0 Å². The number of hydrogen-bond acceptors (Lipinski definition) is 4. The highest BCUT2D eigenvalue weighted by atomic mass is 28.4. The zero-order valence-electron chi connectivity index (χ0n) is 16.6. The summed E-state index contributed by atoms with van der Waals surface area (Å²) in [5.74, 6) is 0. The topological polar surface area (TPSA) is 67.8 Å². The third-order valence-electron chi connectivity index (χ3n) is 4.78. The zero-order chi connectivity index (χ0) is 19.8. The summed E-state index contributed by atoms with van der Waals surface area (Å²) < 4.78 is 11.5. The van der Waals surface area contributed by atoms with Gasteiger partial charge in [-0.15, -0.1) is 6.58 Å². The van der Waals surface area contributed by atoms with Crippen LogP contribution in [0.15, 0.2) is 43.0 Å². The standard InChI is InChI=1S/C20H33NO4Si/c1-7-18(22)13-17(15-25-26(5,6)20(2,3)4)21-19(23)24-14-16-11-9-8-10-12-16/h7-12,17-18,22H,1,13-15H2,2-6H3,(H,21,23)/t17-,18+/m0/s1. The molecule has 0 spiro atoms. The van der Waals surface area contributed by atoms with Gasteiger partial charge in [-0.1, -0.05) is 57.2 Å². The molecule has 0 aliphatic heterocycles. The Hall–Kier alpha value is -1.63. The second kappa shape index (κ2) is 9.90. The van der Waals surface area contributed by atoms with Crippen LogP contribution in [0.5, 0.6) is 0 Å². The summed E-state index contributed by atoms with van der Waals surface area (Å²) in [6.45, 7) is 14.9. The lowest BCUT2D eigenvalue weighted by Crippen LogP contribution is -2.47. The van der Waals surface area contributed by atoms with Gasteiger partial charge >= 0.3 is 6.09 Å². The van der Waals surface area contributed by atoms with Gasteiger partial charge in [-0.05, 0) is 30.1 Å². The molecule has 1 aromatic rings. The Morgan fingerprint density at radius 2 is 1.92 bits per heavy atom. The van der Waals surface area contributed by atoms with E-state index in [0.717, 1.165) is 5.56 Å². The molecule has 0 aromatic heterocycles. The first-order valence-electron chi connectivity index (χ1n) is 8.97. The van der Waals surface area contributed by atoms with Gasteiger partial charge in [-0.3, -0.25) is 0 Å². The largest absolute Gasteiger partial charge is 0.445 e. The molecule has 0 saturated carbocycles. The number of rotatable bonds is 9. The van der Waals surface area contributed by atoms with E-state index in [1.54, 1.807) is 0 Å². The maximum atomic E-state index is 12.1. The van der Waals surface area contributed by atoms with Crippen LogP contribution in [0.2, 0.25) is 18.1 Å². The fraction of sp³-hybridized carbons (Fsp3) is 0.550. The molecular formula is C20H33NO4Si. The summed E-state index contributed by atoms with van der Waals surface area (Å²) in [7, 11) is -1.95. The van der Waals surface area contributed by atoms with Crippen molar-refractivity contribution < 1.29 is 19.1 Å². The highest BCUT2D eigenvalue weighted by Gasteiger charge is 2.37. The van der Waals surface area contributed by atoms with Crippen LogP contribution in [-0.4, -0.2) is 38.3 Å². The van der Waals surface area contributed by atoms with E-state index in [2.05, 4.69) is 45.8 Å². The summed E-state index contributed by atoms with van der Waals surface area (Å²) >= 11 is 0. The third-order valence-corrected chi connectivity index (χ3v) is 9.29. The molecule has 2 atom stereocenters.